The van der Waals surface area contributed by atoms with Gasteiger partial charge < -0.3 is 14.8 Å². The minimum Gasteiger partial charge on any atom is -0.497 e. The van der Waals surface area contributed by atoms with Crippen LogP contribution in [-0.4, -0.2) is 79.3 Å². The number of epoxide rings is 1. The number of carbonyl (C=O) groups is 4. The Labute approximate surface area is 263 Å². The molecule has 1 N–H and O–H groups in total. The Morgan fingerprint density at radius 1 is 1.04 bits per heavy atom. The summed E-state index contributed by atoms with van der Waals surface area (Å²) in [6, 6.07) is 6.28. The highest BCUT2D eigenvalue weighted by molar-refractivity contribution is 5.97. The zero-order valence-electron chi connectivity index (χ0n) is 26.6. The van der Waals surface area contributed by atoms with Crippen molar-refractivity contribution in [2.45, 2.75) is 95.9 Å². The van der Waals surface area contributed by atoms with Crippen molar-refractivity contribution < 1.29 is 41.8 Å². The minimum absolute atomic E-state index is 0.00340. The molecule has 0 aromatic heterocycles. The van der Waals surface area contributed by atoms with E-state index in [0.29, 0.717) is 24.7 Å². The highest BCUT2D eigenvalue weighted by Crippen LogP contribution is 2.38. The molecule has 3 aliphatic rings. The molecule has 250 valence electrons. The molecule has 4 unspecified atom stereocenters. The lowest BCUT2D eigenvalue weighted by Gasteiger charge is -2.32. The number of methoxy groups -OCH3 is 1. The number of hydrogen-bond acceptors (Lipinski definition) is 7. The normalized spacial score (nSPS) is 23.2. The predicted molar refractivity (Wildman–Crippen MR) is 162 cm³/mol. The summed E-state index contributed by atoms with van der Waals surface area (Å²) >= 11 is 0. The number of ketones is 3. The van der Waals surface area contributed by atoms with E-state index in [-0.39, 0.29) is 69.1 Å². The van der Waals surface area contributed by atoms with Crippen LogP contribution in [0.4, 0.5) is 13.2 Å². The molecule has 2 aliphatic heterocycles. The van der Waals surface area contributed by atoms with Crippen molar-refractivity contribution in [2.75, 3.05) is 33.4 Å². The van der Waals surface area contributed by atoms with E-state index in [2.05, 4.69) is 5.32 Å². The Morgan fingerprint density at radius 3 is 2.22 bits per heavy atom. The number of rotatable bonds is 16. The van der Waals surface area contributed by atoms with Gasteiger partial charge >= 0.3 is 6.18 Å². The quantitative estimate of drug-likeness (QED) is 0.252. The molecule has 1 aromatic carbocycles. The van der Waals surface area contributed by atoms with E-state index >= 15 is 0 Å². The van der Waals surface area contributed by atoms with Crippen LogP contribution in [0.25, 0.3) is 0 Å². The molecule has 1 aromatic rings. The topological polar surface area (TPSA) is 105 Å². The number of Topliss-reactive ketones (excluding diaryl/α,β-unsaturated/α-hetero) is 3. The van der Waals surface area contributed by atoms with Crippen LogP contribution in [0.1, 0.15) is 77.2 Å². The van der Waals surface area contributed by atoms with Crippen molar-refractivity contribution in [3.05, 3.63) is 29.8 Å². The van der Waals surface area contributed by atoms with Crippen molar-refractivity contribution in [3.8, 4) is 5.75 Å². The van der Waals surface area contributed by atoms with Gasteiger partial charge in [-0.3, -0.25) is 24.1 Å². The maximum absolute atomic E-state index is 13.9. The molecule has 4 atom stereocenters. The average molecular weight is 637 g/mol. The number of likely N-dealkylation sites (tertiary alicyclic amines) is 1. The van der Waals surface area contributed by atoms with Gasteiger partial charge in [0.05, 0.1) is 32.2 Å². The van der Waals surface area contributed by atoms with Crippen LogP contribution in [0.15, 0.2) is 24.3 Å². The number of nitrogens with zero attached hydrogens (tertiary/aromatic N) is 1. The lowest BCUT2D eigenvalue weighted by Crippen LogP contribution is -2.46. The number of hydrogen-bond donors (Lipinski definition) is 1. The summed E-state index contributed by atoms with van der Waals surface area (Å²) < 4.78 is 49.7. The summed E-state index contributed by atoms with van der Waals surface area (Å²) in [5.41, 5.74) is -0.0496. The largest absolute Gasteiger partial charge is 0.497 e. The highest BCUT2D eigenvalue weighted by atomic mass is 19.4. The smallest absolute Gasteiger partial charge is 0.391 e. The van der Waals surface area contributed by atoms with Gasteiger partial charge in [0.1, 0.15) is 17.1 Å². The Morgan fingerprint density at radius 2 is 1.67 bits per heavy atom. The molecule has 3 fully saturated rings. The van der Waals surface area contributed by atoms with E-state index in [1.165, 1.54) is 0 Å². The van der Waals surface area contributed by atoms with Crippen LogP contribution in [0.2, 0.25) is 0 Å². The zero-order chi connectivity index (χ0) is 32.8. The zero-order valence-corrected chi connectivity index (χ0v) is 26.6. The van der Waals surface area contributed by atoms with Crippen LogP contribution >= 0.6 is 0 Å². The Hall–Kier alpha value is -2.79. The third kappa shape index (κ3) is 10.1. The molecule has 2 heterocycles. The number of halogens is 3. The van der Waals surface area contributed by atoms with E-state index in [1.54, 1.807) is 38.0 Å². The Balaban J connectivity index is 1.39. The molecule has 0 bridgehead atoms. The summed E-state index contributed by atoms with van der Waals surface area (Å²) in [6.07, 6.45) is 0.729. The maximum Gasteiger partial charge on any atom is 0.391 e. The molecule has 2 saturated heterocycles. The third-order valence-electron chi connectivity index (χ3n) is 9.75. The van der Waals surface area contributed by atoms with Crippen molar-refractivity contribution >= 4 is 23.3 Å². The number of carbonyl (C=O) groups excluding carboxylic acids is 4. The fourth-order valence-corrected chi connectivity index (χ4v) is 6.72. The van der Waals surface area contributed by atoms with Gasteiger partial charge in [-0.25, -0.2) is 0 Å². The van der Waals surface area contributed by atoms with Gasteiger partial charge in [-0.05, 0) is 69.3 Å². The first kappa shape index (κ1) is 35.1. The summed E-state index contributed by atoms with van der Waals surface area (Å²) in [5.74, 6) is -2.55. The highest BCUT2D eigenvalue weighted by Gasteiger charge is 2.50. The number of nitrogens with one attached hydrogen (secondary N) is 1. The number of amides is 1. The molecule has 1 aliphatic carbocycles. The van der Waals surface area contributed by atoms with Crippen LogP contribution in [0.5, 0.6) is 5.75 Å². The summed E-state index contributed by atoms with van der Waals surface area (Å²) in [4.78, 5) is 55.1. The van der Waals surface area contributed by atoms with Crippen molar-refractivity contribution in [3.63, 3.8) is 0 Å². The molecular weight excluding hydrogens is 589 g/mol. The van der Waals surface area contributed by atoms with Gasteiger partial charge in [0.25, 0.3) is 0 Å². The van der Waals surface area contributed by atoms with Crippen molar-refractivity contribution in [2.24, 2.45) is 23.7 Å². The van der Waals surface area contributed by atoms with Crippen LogP contribution in [0.3, 0.4) is 0 Å². The molecule has 45 heavy (non-hydrogen) atoms. The van der Waals surface area contributed by atoms with E-state index in [1.807, 2.05) is 12.1 Å². The molecule has 4 rings (SSSR count). The van der Waals surface area contributed by atoms with Crippen molar-refractivity contribution in [1.82, 2.24) is 10.2 Å². The molecule has 1 saturated carbocycles. The summed E-state index contributed by atoms with van der Waals surface area (Å²) in [5, 5.41) is 2.86. The molecular formula is C34H47F3N2O6. The number of alkyl halides is 3. The number of ether oxygens (including phenoxy) is 2. The second-order valence-corrected chi connectivity index (χ2v) is 13.5. The summed E-state index contributed by atoms with van der Waals surface area (Å²) in [6.45, 7) is 4.06. The second-order valence-electron chi connectivity index (χ2n) is 13.5. The fraction of sp³-hybridized carbons (Fsp3) is 0.706. The Bertz CT molecular complexity index is 1190. The monoisotopic (exact) mass is 636 g/mol. The first-order valence-corrected chi connectivity index (χ1v) is 16.2. The van der Waals surface area contributed by atoms with E-state index < -0.39 is 41.5 Å². The number of piperidine rings is 1. The van der Waals surface area contributed by atoms with Gasteiger partial charge in [-0.15, -0.1) is 0 Å². The molecule has 0 radical (unpaired) electrons. The number of benzene rings is 1. The minimum atomic E-state index is -4.23. The third-order valence-corrected chi connectivity index (χ3v) is 9.75. The average Bonchev–Trinajstić information content (AvgIpc) is 3.54. The van der Waals surface area contributed by atoms with Gasteiger partial charge in [0.2, 0.25) is 5.91 Å². The molecule has 0 spiro atoms. The first-order chi connectivity index (χ1) is 21.3. The maximum atomic E-state index is 13.9. The standard InChI is InChI=1S/C34H47F3N2O6/c1-22(16-27(40)20-39-14-12-26(13-15-39)34(35,36)37)32(43)38-29(18-24-8-10-28(44-3)11-9-24)30(41)19-25(17-23-6-4-5-7-23)31(42)33(2)21-45-33/h8-11,22-23,25-26,29H,4-7,12-21H2,1-3H3,(H,38,43). The second kappa shape index (κ2) is 15.2. The SMILES string of the molecule is COc1ccc(CC(NC(=O)C(C)CC(=O)CN2CCC(C(F)(F)F)CC2)C(=O)CC(CC2CCCC2)C(=O)C2(C)CO2)cc1. The lowest BCUT2D eigenvalue weighted by atomic mass is 9.81. The van der Waals surface area contributed by atoms with E-state index in [0.717, 1.165) is 31.2 Å². The lowest BCUT2D eigenvalue weighted by molar-refractivity contribution is -0.185. The summed E-state index contributed by atoms with van der Waals surface area (Å²) in [7, 11) is 1.56. The predicted octanol–water partition coefficient (Wildman–Crippen LogP) is 5.11. The van der Waals surface area contributed by atoms with Gasteiger partial charge in [-0.1, -0.05) is 44.7 Å². The Kier molecular flexibility index (Phi) is 11.8. The molecule has 1 amide bonds. The van der Waals surface area contributed by atoms with E-state index in [9.17, 15) is 32.3 Å². The fourth-order valence-electron chi connectivity index (χ4n) is 6.72. The van der Waals surface area contributed by atoms with Crippen LogP contribution in [-0.2, 0) is 30.3 Å². The van der Waals surface area contributed by atoms with Gasteiger partial charge in [-0.2, -0.15) is 13.2 Å². The van der Waals surface area contributed by atoms with Crippen molar-refractivity contribution in [1.29, 1.82) is 0 Å². The van der Waals surface area contributed by atoms with Gasteiger partial charge in [0, 0.05) is 24.7 Å². The van der Waals surface area contributed by atoms with E-state index in [4.69, 9.17) is 9.47 Å². The first-order valence-electron chi connectivity index (χ1n) is 16.2. The van der Waals surface area contributed by atoms with Crippen LogP contribution < -0.4 is 10.1 Å². The molecule has 8 nitrogen and oxygen atoms in total. The van der Waals surface area contributed by atoms with Crippen LogP contribution in [0, 0.1) is 23.7 Å². The molecule has 11 heteroatoms. The van der Waals surface area contributed by atoms with Gasteiger partial charge in [0.15, 0.2) is 11.6 Å².